The lowest BCUT2D eigenvalue weighted by molar-refractivity contribution is -0.384. The molecule has 1 aliphatic heterocycles. The molecule has 0 saturated carbocycles. The van der Waals surface area contributed by atoms with Crippen molar-refractivity contribution in [3.8, 4) is 0 Å². The number of halogens is 2. The minimum absolute atomic E-state index is 0.0925. The maximum atomic E-state index is 11.9. The van der Waals surface area contributed by atoms with Gasteiger partial charge in [-0.15, -0.1) is 5.10 Å². The van der Waals surface area contributed by atoms with Crippen LogP contribution in [0.2, 0.25) is 10.0 Å². The molecule has 25 heavy (non-hydrogen) atoms. The van der Waals surface area contributed by atoms with Crippen molar-refractivity contribution in [2.75, 3.05) is 0 Å². The first-order valence-corrected chi connectivity index (χ1v) is 7.87. The number of carbonyl (C=O) groups is 1. The topological polar surface area (TPSA) is 85.0 Å². The van der Waals surface area contributed by atoms with Crippen molar-refractivity contribution in [2.45, 2.75) is 13.2 Å². The number of hydrogen-bond donors (Lipinski definition) is 0. The smallest absolute Gasteiger partial charge is 0.270 e. The van der Waals surface area contributed by atoms with Crippen molar-refractivity contribution < 1.29 is 14.5 Å². The van der Waals surface area contributed by atoms with E-state index in [1.54, 1.807) is 18.2 Å². The van der Waals surface area contributed by atoms with Crippen molar-refractivity contribution in [3.63, 3.8) is 0 Å². The third kappa shape index (κ3) is 3.42. The first-order chi connectivity index (χ1) is 11.9. The third-order valence-corrected chi connectivity index (χ3v) is 4.06. The predicted molar refractivity (Wildman–Crippen MR) is 92.4 cm³/mol. The Balaban J connectivity index is 1.99. The van der Waals surface area contributed by atoms with Crippen molar-refractivity contribution in [3.05, 3.63) is 73.8 Å². The summed E-state index contributed by atoms with van der Waals surface area (Å²) in [6.07, 6.45) is -0.878. The Morgan fingerprint density at radius 1 is 1.28 bits per heavy atom. The molecule has 0 fully saturated rings. The number of carbonyl (C=O) groups excluding carboxylic acids is 1. The minimum Gasteiger partial charge on any atom is -0.446 e. The number of benzene rings is 2. The highest BCUT2D eigenvalue weighted by molar-refractivity contribution is 6.35. The average Bonchev–Trinajstić information content (AvgIpc) is 3.00. The molecular formula is C16H11Cl2N3O4. The van der Waals surface area contributed by atoms with E-state index in [9.17, 15) is 14.9 Å². The summed E-state index contributed by atoms with van der Waals surface area (Å²) in [7, 11) is 0. The Bertz CT molecular complexity index is 901. The number of nitro groups is 1. The number of rotatable bonds is 3. The SMILES string of the molecule is CC(=O)N1N=C(c2cccc([N+](=O)[O-])c2)O[C@@H]1c1ccc(Cl)cc1Cl. The van der Waals surface area contributed by atoms with Gasteiger partial charge in [-0.3, -0.25) is 14.9 Å². The maximum absolute atomic E-state index is 11.9. The molecule has 2 aromatic carbocycles. The van der Waals surface area contributed by atoms with E-state index >= 15 is 0 Å². The van der Waals surface area contributed by atoms with Crippen LogP contribution >= 0.6 is 23.2 Å². The van der Waals surface area contributed by atoms with Crippen molar-refractivity contribution in [1.29, 1.82) is 0 Å². The summed E-state index contributed by atoms with van der Waals surface area (Å²) in [5.41, 5.74) is 0.782. The third-order valence-electron chi connectivity index (χ3n) is 3.50. The number of ether oxygens (including phenoxy) is 1. The fourth-order valence-electron chi connectivity index (χ4n) is 2.34. The normalized spacial score (nSPS) is 16.4. The molecule has 0 aromatic heterocycles. The molecule has 1 atom stereocenters. The molecule has 3 rings (SSSR count). The lowest BCUT2D eigenvalue weighted by atomic mass is 10.2. The Kier molecular flexibility index (Phi) is 4.61. The molecule has 7 nitrogen and oxygen atoms in total. The molecule has 0 saturated heterocycles. The van der Waals surface area contributed by atoms with Crippen LogP contribution in [0.3, 0.4) is 0 Å². The first kappa shape index (κ1) is 17.2. The summed E-state index contributed by atoms with van der Waals surface area (Å²) in [6, 6.07) is 10.6. The molecule has 9 heteroatoms. The zero-order valence-electron chi connectivity index (χ0n) is 12.8. The predicted octanol–water partition coefficient (Wildman–Crippen LogP) is 4.14. The summed E-state index contributed by atoms with van der Waals surface area (Å²) in [5.74, 6) is -0.272. The molecule has 1 amide bonds. The second kappa shape index (κ2) is 6.70. The number of non-ortho nitro benzene ring substituents is 1. The number of nitrogens with zero attached hydrogens (tertiary/aromatic N) is 3. The van der Waals surface area contributed by atoms with Gasteiger partial charge in [0.2, 0.25) is 18.0 Å². The standard InChI is InChI=1S/C16H11Cl2N3O4/c1-9(22)20-16(13-6-5-11(17)8-14(13)18)25-15(19-20)10-3-2-4-12(7-10)21(23)24/h2-8,16H,1H3/t16-/m1/s1. The molecule has 0 bridgehead atoms. The van der Waals surface area contributed by atoms with Crippen LogP contribution in [-0.4, -0.2) is 21.7 Å². The van der Waals surface area contributed by atoms with E-state index in [1.165, 1.54) is 31.2 Å². The van der Waals surface area contributed by atoms with Gasteiger partial charge in [-0.25, -0.2) is 0 Å². The van der Waals surface area contributed by atoms with E-state index in [-0.39, 0.29) is 17.5 Å². The summed E-state index contributed by atoms with van der Waals surface area (Å²) < 4.78 is 5.77. The van der Waals surface area contributed by atoms with Crippen molar-refractivity contribution >= 4 is 40.7 Å². The molecule has 0 aliphatic carbocycles. The van der Waals surface area contributed by atoms with E-state index in [4.69, 9.17) is 27.9 Å². The van der Waals surface area contributed by atoms with Gasteiger partial charge in [0.25, 0.3) is 5.69 Å². The first-order valence-electron chi connectivity index (χ1n) is 7.11. The van der Waals surface area contributed by atoms with Gasteiger partial charge in [0.1, 0.15) is 0 Å². The Morgan fingerprint density at radius 2 is 2.04 bits per heavy atom. The quantitative estimate of drug-likeness (QED) is 0.592. The van der Waals surface area contributed by atoms with Gasteiger partial charge in [-0.05, 0) is 18.2 Å². The van der Waals surface area contributed by atoms with Gasteiger partial charge in [0.05, 0.1) is 9.95 Å². The second-order valence-electron chi connectivity index (χ2n) is 5.21. The van der Waals surface area contributed by atoms with Crippen molar-refractivity contribution in [2.24, 2.45) is 5.10 Å². The average molecular weight is 380 g/mol. The largest absolute Gasteiger partial charge is 0.446 e. The molecule has 0 spiro atoms. The van der Waals surface area contributed by atoms with Crippen molar-refractivity contribution in [1.82, 2.24) is 5.01 Å². The number of nitro benzene ring substituents is 1. The molecule has 1 heterocycles. The van der Waals surface area contributed by atoms with Crippen LogP contribution in [0.1, 0.15) is 24.3 Å². The van der Waals surface area contributed by atoms with Crippen LogP contribution < -0.4 is 0 Å². The van der Waals surface area contributed by atoms with Crippen LogP contribution in [-0.2, 0) is 9.53 Å². The summed E-state index contributed by atoms with van der Waals surface area (Å²) >= 11 is 12.1. The van der Waals surface area contributed by atoms with Crippen LogP contribution in [0.25, 0.3) is 0 Å². The fraction of sp³-hybridized carbons (Fsp3) is 0.125. The van der Waals surface area contributed by atoms with E-state index in [0.717, 1.165) is 5.01 Å². The van der Waals surface area contributed by atoms with E-state index in [0.29, 0.717) is 21.2 Å². The highest BCUT2D eigenvalue weighted by atomic mass is 35.5. The highest BCUT2D eigenvalue weighted by Crippen LogP contribution is 2.35. The molecule has 128 valence electrons. The zero-order valence-corrected chi connectivity index (χ0v) is 14.4. The summed E-state index contributed by atoms with van der Waals surface area (Å²) in [5, 5.41) is 17.0. The maximum Gasteiger partial charge on any atom is 0.270 e. The summed E-state index contributed by atoms with van der Waals surface area (Å²) in [6.45, 7) is 1.33. The van der Waals surface area contributed by atoms with Gasteiger partial charge >= 0.3 is 0 Å². The van der Waals surface area contributed by atoms with Gasteiger partial charge < -0.3 is 4.74 Å². The van der Waals surface area contributed by atoms with Gasteiger partial charge in [-0.1, -0.05) is 35.3 Å². The zero-order chi connectivity index (χ0) is 18.1. The van der Waals surface area contributed by atoms with Gasteiger partial charge in [0.15, 0.2) is 0 Å². The lowest BCUT2D eigenvalue weighted by Crippen LogP contribution is -2.25. The Morgan fingerprint density at radius 3 is 2.68 bits per heavy atom. The highest BCUT2D eigenvalue weighted by Gasteiger charge is 2.34. The number of amides is 1. The summed E-state index contributed by atoms with van der Waals surface area (Å²) in [4.78, 5) is 22.3. The lowest BCUT2D eigenvalue weighted by Gasteiger charge is -2.20. The van der Waals surface area contributed by atoms with Gasteiger partial charge in [0, 0.05) is 35.2 Å². The van der Waals surface area contributed by atoms with Crippen LogP contribution in [0.15, 0.2) is 47.6 Å². The Hall–Kier alpha value is -2.64. The molecule has 0 radical (unpaired) electrons. The Labute approximate surface area is 152 Å². The monoisotopic (exact) mass is 379 g/mol. The van der Waals surface area contributed by atoms with E-state index in [1.807, 2.05) is 0 Å². The molecule has 0 unspecified atom stereocenters. The fourth-order valence-corrected chi connectivity index (χ4v) is 2.84. The van der Waals surface area contributed by atoms with Crippen LogP contribution in [0, 0.1) is 10.1 Å². The van der Waals surface area contributed by atoms with Crippen LogP contribution in [0.4, 0.5) is 5.69 Å². The van der Waals surface area contributed by atoms with Gasteiger partial charge in [-0.2, -0.15) is 5.01 Å². The van der Waals surface area contributed by atoms with Crippen LogP contribution in [0.5, 0.6) is 0 Å². The second-order valence-corrected chi connectivity index (χ2v) is 6.06. The number of hydrogen-bond acceptors (Lipinski definition) is 5. The molecule has 0 N–H and O–H groups in total. The molecule has 1 aliphatic rings. The van der Waals surface area contributed by atoms with E-state index < -0.39 is 11.2 Å². The molecular weight excluding hydrogens is 369 g/mol. The minimum atomic E-state index is -0.878. The van der Waals surface area contributed by atoms with E-state index in [2.05, 4.69) is 5.10 Å². The number of hydrazone groups is 1. The molecule has 2 aromatic rings.